The fraction of sp³-hybridized carbons (Fsp3) is 1.00. The molecule has 186 valence electrons. The molecule has 2 rings (SSSR count). The van der Waals surface area contributed by atoms with Gasteiger partial charge in [-0.2, -0.15) is 0 Å². The Morgan fingerprint density at radius 1 is 0.774 bits per heavy atom. The van der Waals surface area contributed by atoms with Gasteiger partial charge in [0, 0.05) is 46.7 Å². The highest BCUT2D eigenvalue weighted by atomic mass is 28.4. The van der Waals surface area contributed by atoms with Gasteiger partial charge >= 0.3 is 17.4 Å². The van der Waals surface area contributed by atoms with Crippen LogP contribution in [0.15, 0.2) is 0 Å². The highest BCUT2D eigenvalue weighted by molar-refractivity contribution is 6.65. The fourth-order valence-corrected chi connectivity index (χ4v) is 7.16. The lowest BCUT2D eigenvalue weighted by Gasteiger charge is -2.28. The molecule has 8 nitrogen and oxygen atoms in total. The molecule has 0 aromatic rings. The van der Waals surface area contributed by atoms with Gasteiger partial charge in [-0.05, 0) is 52.6 Å². The summed E-state index contributed by atoms with van der Waals surface area (Å²) in [6.45, 7) is 13.4. The van der Waals surface area contributed by atoms with E-state index in [1.54, 1.807) is 14.2 Å². The van der Waals surface area contributed by atoms with Gasteiger partial charge in [0.15, 0.2) is 0 Å². The Bertz CT molecular complexity index is 415. The third-order valence-corrected chi connectivity index (χ3v) is 11.4. The Labute approximate surface area is 191 Å². The van der Waals surface area contributed by atoms with Gasteiger partial charge in [-0.1, -0.05) is 6.42 Å². The van der Waals surface area contributed by atoms with Crippen LogP contribution in [0.2, 0.25) is 18.6 Å². The molecule has 0 amide bonds. The van der Waals surface area contributed by atoms with E-state index in [9.17, 15) is 0 Å². The van der Waals surface area contributed by atoms with Crippen LogP contribution in [0.25, 0.3) is 0 Å². The van der Waals surface area contributed by atoms with E-state index in [1.807, 2.05) is 20.8 Å². The Balaban J connectivity index is 0.000000316. The van der Waals surface area contributed by atoms with Gasteiger partial charge < -0.3 is 36.3 Å². The third-order valence-electron chi connectivity index (χ3n) is 5.24. The number of unbranched alkanes of at least 4 members (excludes halogenated alkanes) is 1. The lowest BCUT2D eigenvalue weighted by molar-refractivity contribution is 0.0706. The van der Waals surface area contributed by atoms with Crippen molar-refractivity contribution in [2.75, 3.05) is 60.5 Å². The number of rotatable bonds is 19. The predicted octanol–water partition coefficient (Wildman–Crippen LogP) is 3.76. The van der Waals surface area contributed by atoms with Crippen LogP contribution in [0.4, 0.5) is 0 Å². The molecule has 0 spiro atoms. The van der Waals surface area contributed by atoms with Crippen molar-refractivity contribution in [1.29, 1.82) is 0 Å². The molecule has 0 N–H and O–H groups in total. The molecular formula is C21H46O8Si2. The summed E-state index contributed by atoms with van der Waals surface area (Å²) < 4.78 is 43.8. The van der Waals surface area contributed by atoms with E-state index in [0.717, 1.165) is 57.8 Å². The first-order valence-electron chi connectivity index (χ1n) is 11.8. The van der Waals surface area contributed by atoms with Crippen molar-refractivity contribution in [1.82, 2.24) is 0 Å². The van der Waals surface area contributed by atoms with Crippen LogP contribution in [-0.4, -0.2) is 90.0 Å². The zero-order chi connectivity index (χ0) is 23.0. The van der Waals surface area contributed by atoms with Gasteiger partial charge in [0.25, 0.3) is 0 Å². The smallest absolute Gasteiger partial charge is 0.398 e. The first-order chi connectivity index (χ1) is 15.0. The highest BCUT2D eigenvalue weighted by Gasteiger charge is 2.39. The topological polar surface area (TPSA) is 80.4 Å². The minimum Gasteiger partial charge on any atom is -0.398 e. The summed E-state index contributed by atoms with van der Waals surface area (Å²) in [6, 6.07) is 1.90. The summed E-state index contributed by atoms with van der Waals surface area (Å²) in [5, 5.41) is 0. The van der Waals surface area contributed by atoms with Gasteiger partial charge in [-0.3, -0.25) is 0 Å². The SMILES string of the molecule is CCO[Si](CCCCC1CO1)(OCC)OCC.CO[Si](C)(CCCOCC1CO1)OC. The van der Waals surface area contributed by atoms with Crippen LogP contribution in [0.1, 0.15) is 46.5 Å². The van der Waals surface area contributed by atoms with E-state index < -0.39 is 17.4 Å². The van der Waals surface area contributed by atoms with Crippen molar-refractivity contribution in [3.05, 3.63) is 0 Å². The quantitative estimate of drug-likeness (QED) is 0.156. The monoisotopic (exact) mass is 482 g/mol. The Morgan fingerprint density at radius 2 is 1.32 bits per heavy atom. The summed E-state index contributed by atoms with van der Waals surface area (Å²) in [5.41, 5.74) is 0. The molecule has 31 heavy (non-hydrogen) atoms. The lowest BCUT2D eigenvalue weighted by atomic mass is 10.2. The molecule has 2 aliphatic rings. The molecule has 2 saturated heterocycles. The van der Waals surface area contributed by atoms with Crippen molar-refractivity contribution in [2.45, 2.75) is 77.3 Å². The molecule has 2 heterocycles. The second-order valence-corrected chi connectivity index (χ2v) is 14.2. The van der Waals surface area contributed by atoms with Crippen molar-refractivity contribution in [3.63, 3.8) is 0 Å². The Hall–Kier alpha value is 0.114. The van der Waals surface area contributed by atoms with E-state index in [0.29, 0.717) is 32.0 Å². The summed E-state index contributed by atoms with van der Waals surface area (Å²) in [6.07, 6.45) is 5.32. The average molecular weight is 483 g/mol. The molecule has 10 heteroatoms. The molecule has 0 radical (unpaired) electrons. The van der Waals surface area contributed by atoms with Crippen molar-refractivity contribution < 1.29 is 36.3 Å². The summed E-state index contributed by atoms with van der Waals surface area (Å²) in [5.74, 6) is 0. The van der Waals surface area contributed by atoms with Crippen LogP contribution in [0, 0.1) is 0 Å². The van der Waals surface area contributed by atoms with Gasteiger partial charge in [-0.25, -0.2) is 0 Å². The van der Waals surface area contributed by atoms with Gasteiger partial charge in [0.1, 0.15) is 6.10 Å². The second kappa shape index (κ2) is 16.7. The second-order valence-electron chi connectivity index (χ2n) is 7.86. The van der Waals surface area contributed by atoms with Crippen LogP contribution in [0.5, 0.6) is 0 Å². The highest BCUT2D eigenvalue weighted by Crippen LogP contribution is 2.23. The van der Waals surface area contributed by atoms with Gasteiger partial charge in [0.05, 0.1) is 25.9 Å². The first-order valence-corrected chi connectivity index (χ1v) is 16.2. The van der Waals surface area contributed by atoms with E-state index >= 15 is 0 Å². The normalized spacial score (nSPS) is 20.3. The van der Waals surface area contributed by atoms with Crippen molar-refractivity contribution in [2.24, 2.45) is 0 Å². The van der Waals surface area contributed by atoms with E-state index in [2.05, 4.69) is 6.55 Å². The first kappa shape index (κ1) is 29.1. The number of epoxide rings is 2. The maximum atomic E-state index is 5.80. The van der Waals surface area contributed by atoms with Crippen LogP contribution in [-0.2, 0) is 36.3 Å². The maximum Gasteiger partial charge on any atom is 0.500 e. The zero-order valence-electron chi connectivity index (χ0n) is 20.6. The van der Waals surface area contributed by atoms with Gasteiger partial charge in [0.2, 0.25) is 0 Å². The Kier molecular flexibility index (Phi) is 15.7. The molecule has 0 aromatic heterocycles. The lowest BCUT2D eigenvalue weighted by Crippen LogP contribution is -2.45. The maximum absolute atomic E-state index is 5.80. The van der Waals surface area contributed by atoms with Crippen LogP contribution in [0.3, 0.4) is 0 Å². The zero-order valence-corrected chi connectivity index (χ0v) is 22.6. The average Bonchev–Trinajstić information content (AvgIpc) is 3.67. The third kappa shape index (κ3) is 14.1. The fourth-order valence-electron chi connectivity index (χ4n) is 3.11. The molecule has 2 aliphatic heterocycles. The summed E-state index contributed by atoms with van der Waals surface area (Å²) in [7, 11) is -0.824. The molecule has 2 unspecified atom stereocenters. The molecule has 0 aliphatic carbocycles. The van der Waals surface area contributed by atoms with Crippen molar-refractivity contribution in [3.8, 4) is 0 Å². The molecule has 0 saturated carbocycles. The molecule has 2 fully saturated rings. The van der Waals surface area contributed by atoms with E-state index in [1.165, 1.54) is 6.42 Å². The van der Waals surface area contributed by atoms with E-state index in [4.69, 9.17) is 36.3 Å². The van der Waals surface area contributed by atoms with Crippen LogP contribution >= 0.6 is 0 Å². The number of hydrogen-bond donors (Lipinski definition) is 0. The standard InChI is InChI=1S/C12H26O4Si.C9H20O4Si/c1-4-14-17(15-5-2,16-6-3)10-8-7-9-12-11-13-12;1-10-14(3,11-2)6-4-5-12-7-9-8-13-9/h12H,4-11H2,1-3H3;9H,4-8H2,1-3H3. The minimum absolute atomic E-state index is 0.364. The molecule has 2 atom stereocenters. The largest absolute Gasteiger partial charge is 0.500 e. The summed E-state index contributed by atoms with van der Waals surface area (Å²) in [4.78, 5) is 0. The van der Waals surface area contributed by atoms with Crippen LogP contribution < -0.4 is 0 Å². The molecule has 0 bridgehead atoms. The summed E-state index contributed by atoms with van der Waals surface area (Å²) >= 11 is 0. The minimum atomic E-state index is -2.39. The van der Waals surface area contributed by atoms with E-state index in [-0.39, 0.29) is 0 Å². The van der Waals surface area contributed by atoms with Crippen molar-refractivity contribution >= 4 is 17.4 Å². The Morgan fingerprint density at radius 3 is 1.77 bits per heavy atom. The number of hydrogen-bond acceptors (Lipinski definition) is 8. The number of ether oxygens (including phenoxy) is 3. The predicted molar refractivity (Wildman–Crippen MR) is 125 cm³/mol. The van der Waals surface area contributed by atoms with Gasteiger partial charge in [-0.15, -0.1) is 0 Å². The molecular weight excluding hydrogens is 436 g/mol. The molecule has 0 aromatic carbocycles.